The third-order valence-electron chi connectivity index (χ3n) is 4.52. The Labute approximate surface area is 191 Å². The van der Waals surface area contributed by atoms with Crippen molar-refractivity contribution in [1.82, 2.24) is 9.80 Å². The molecule has 2 aromatic carbocycles. The minimum absolute atomic E-state index is 0.0210. The van der Waals surface area contributed by atoms with Crippen LogP contribution in [0.2, 0.25) is 0 Å². The van der Waals surface area contributed by atoms with E-state index in [9.17, 15) is 19.2 Å². The van der Waals surface area contributed by atoms with Crippen molar-refractivity contribution < 1.29 is 29.4 Å². The maximum atomic E-state index is 12.0. The van der Waals surface area contributed by atoms with Gasteiger partial charge in [-0.2, -0.15) is 0 Å². The van der Waals surface area contributed by atoms with Crippen molar-refractivity contribution in [3.05, 3.63) is 59.7 Å². The molecule has 0 bridgehead atoms. The average molecular weight is 456 g/mol. The quantitative estimate of drug-likeness (QED) is 0.373. The standard InChI is InChI=1S/C23H28N4O6/c1-26(14-22(30)31)12-20(28)24-18-7-3-16(4-8-18)11-17-5-9-19(10-6-17)25-21(29)13-27(2)15-23(32)33/h3-10H,11-15H2,1-2H3,(H,24,28)(H,25,29)(H,30,31)(H,32,33). The second-order valence-corrected chi connectivity index (χ2v) is 7.80. The Hall–Kier alpha value is -3.76. The number of likely N-dealkylation sites (N-methyl/N-ethyl adjacent to an activating group) is 2. The molecule has 0 fully saturated rings. The van der Waals surface area contributed by atoms with Crippen LogP contribution in [0.25, 0.3) is 0 Å². The third kappa shape index (κ3) is 9.93. The van der Waals surface area contributed by atoms with E-state index in [-0.39, 0.29) is 38.0 Å². The zero-order valence-corrected chi connectivity index (χ0v) is 18.6. The fraction of sp³-hybridized carbons (Fsp3) is 0.304. The lowest BCUT2D eigenvalue weighted by Gasteiger charge is -2.14. The number of benzene rings is 2. The van der Waals surface area contributed by atoms with Gasteiger partial charge >= 0.3 is 11.9 Å². The van der Waals surface area contributed by atoms with Crippen LogP contribution in [0, 0.1) is 0 Å². The Kier molecular flexibility index (Phi) is 9.52. The Morgan fingerprint density at radius 3 is 1.27 bits per heavy atom. The third-order valence-corrected chi connectivity index (χ3v) is 4.52. The molecule has 0 spiro atoms. The highest BCUT2D eigenvalue weighted by molar-refractivity contribution is 5.93. The first-order valence-electron chi connectivity index (χ1n) is 10.2. The topological polar surface area (TPSA) is 139 Å². The monoisotopic (exact) mass is 456 g/mol. The van der Waals surface area contributed by atoms with E-state index in [1.807, 2.05) is 24.3 Å². The van der Waals surface area contributed by atoms with Crippen molar-refractivity contribution >= 4 is 35.1 Å². The number of carboxylic acid groups (broad SMARTS) is 2. The summed E-state index contributed by atoms with van der Waals surface area (Å²) in [6, 6.07) is 14.7. The first-order valence-corrected chi connectivity index (χ1v) is 10.2. The number of aliphatic carboxylic acids is 2. The molecule has 0 aliphatic rings. The zero-order valence-electron chi connectivity index (χ0n) is 18.6. The van der Waals surface area contributed by atoms with Crippen molar-refractivity contribution in [3.8, 4) is 0 Å². The van der Waals surface area contributed by atoms with Gasteiger partial charge in [0.2, 0.25) is 11.8 Å². The number of amides is 2. The molecule has 33 heavy (non-hydrogen) atoms. The number of carbonyl (C=O) groups excluding carboxylic acids is 2. The molecule has 176 valence electrons. The van der Waals surface area contributed by atoms with Gasteiger partial charge in [-0.1, -0.05) is 24.3 Å². The van der Waals surface area contributed by atoms with Gasteiger partial charge in [0.25, 0.3) is 0 Å². The van der Waals surface area contributed by atoms with Crippen LogP contribution in [0.3, 0.4) is 0 Å². The van der Waals surface area contributed by atoms with E-state index in [0.29, 0.717) is 17.8 Å². The summed E-state index contributed by atoms with van der Waals surface area (Å²) in [6.45, 7) is -0.466. The van der Waals surface area contributed by atoms with Gasteiger partial charge in [-0.3, -0.25) is 29.0 Å². The number of anilines is 2. The molecule has 0 unspecified atom stereocenters. The van der Waals surface area contributed by atoms with E-state index in [1.165, 1.54) is 9.80 Å². The summed E-state index contributed by atoms with van der Waals surface area (Å²) in [4.78, 5) is 48.1. The predicted octanol–water partition coefficient (Wildman–Crippen LogP) is 1.19. The highest BCUT2D eigenvalue weighted by Gasteiger charge is 2.11. The van der Waals surface area contributed by atoms with Gasteiger partial charge in [0.15, 0.2) is 0 Å². The van der Waals surface area contributed by atoms with Crippen LogP contribution >= 0.6 is 0 Å². The smallest absolute Gasteiger partial charge is 0.317 e. The van der Waals surface area contributed by atoms with Crippen molar-refractivity contribution in [2.45, 2.75) is 6.42 Å². The number of hydrogen-bond donors (Lipinski definition) is 4. The van der Waals surface area contributed by atoms with Crippen molar-refractivity contribution in [1.29, 1.82) is 0 Å². The molecule has 0 aromatic heterocycles. The van der Waals surface area contributed by atoms with Gasteiger partial charge in [0.1, 0.15) is 0 Å². The Morgan fingerprint density at radius 1 is 0.636 bits per heavy atom. The number of carboxylic acids is 2. The molecule has 2 aromatic rings. The summed E-state index contributed by atoms with van der Waals surface area (Å²) >= 11 is 0. The predicted molar refractivity (Wildman–Crippen MR) is 123 cm³/mol. The number of nitrogens with zero attached hydrogens (tertiary/aromatic N) is 2. The van der Waals surface area contributed by atoms with Crippen LogP contribution in [0.5, 0.6) is 0 Å². The van der Waals surface area contributed by atoms with E-state index in [1.54, 1.807) is 38.4 Å². The minimum atomic E-state index is -0.992. The molecule has 0 saturated carbocycles. The second kappa shape index (κ2) is 12.3. The average Bonchev–Trinajstić information content (AvgIpc) is 2.69. The van der Waals surface area contributed by atoms with E-state index < -0.39 is 11.9 Å². The second-order valence-electron chi connectivity index (χ2n) is 7.80. The highest BCUT2D eigenvalue weighted by Crippen LogP contribution is 2.16. The van der Waals surface area contributed by atoms with Crippen molar-refractivity contribution in [2.24, 2.45) is 0 Å². The lowest BCUT2D eigenvalue weighted by Crippen LogP contribution is -2.33. The van der Waals surface area contributed by atoms with Crippen LogP contribution in [-0.2, 0) is 25.6 Å². The first-order chi connectivity index (χ1) is 15.6. The summed E-state index contributed by atoms with van der Waals surface area (Å²) in [5, 5.41) is 22.9. The van der Waals surface area contributed by atoms with Crippen LogP contribution in [0.4, 0.5) is 11.4 Å². The van der Waals surface area contributed by atoms with Crippen LogP contribution < -0.4 is 10.6 Å². The van der Waals surface area contributed by atoms with Crippen molar-refractivity contribution in [3.63, 3.8) is 0 Å². The molecule has 0 aliphatic carbocycles. The molecule has 4 N–H and O–H groups in total. The van der Waals surface area contributed by atoms with E-state index in [0.717, 1.165) is 11.1 Å². The zero-order chi connectivity index (χ0) is 24.4. The summed E-state index contributed by atoms with van der Waals surface area (Å²) in [5.74, 6) is -2.57. The molecule has 2 rings (SSSR count). The van der Waals surface area contributed by atoms with E-state index >= 15 is 0 Å². The normalized spacial score (nSPS) is 10.8. The summed E-state index contributed by atoms with van der Waals surface area (Å²) in [7, 11) is 3.12. The Bertz CT molecular complexity index is 896. The van der Waals surface area contributed by atoms with Crippen molar-refractivity contribution in [2.75, 3.05) is 50.9 Å². The maximum absolute atomic E-state index is 12.0. The molecular weight excluding hydrogens is 428 g/mol. The number of rotatable bonds is 12. The Morgan fingerprint density at radius 2 is 0.970 bits per heavy atom. The molecule has 0 aliphatic heterocycles. The van der Waals surface area contributed by atoms with Gasteiger partial charge in [-0.25, -0.2) is 0 Å². The molecule has 10 nitrogen and oxygen atoms in total. The summed E-state index contributed by atoms with van der Waals surface area (Å²) in [6.07, 6.45) is 0.658. The van der Waals surface area contributed by atoms with Crippen LogP contribution in [0.15, 0.2) is 48.5 Å². The summed E-state index contributed by atoms with van der Waals surface area (Å²) in [5.41, 5.74) is 3.31. The summed E-state index contributed by atoms with van der Waals surface area (Å²) < 4.78 is 0. The molecule has 2 amide bonds. The SMILES string of the molecule is CN(CC(=O)O)CC(=O)Nc1ccc(Cc2ccc(NC(=O)CN(C)CC(=O)O)cc2)cc1. The lowest BCUT2D eigenvalue weighted by atomic mass is 10.0. The van der Waals surface area contributed by atoms with Gasteiger partial charge < -0.3 is 20.8 Å². The maximum Gasteiger partial charge on any atom is 0.317 e. The molecular formula is C23H28N4O6. The van der Waals surface area contributed by atoms with E-state index in [4.69, 9.17) is 10.2 Å². The molecule has 0 saturated heterocycles. The molecule has 0 heterocycles. The lowest BCUT2D eigenvalue weighted by molar-refractivity contribution is -0.139. The number of carbonyl (C=O) groups is 4. The van der Waals surface area contributed by atoms with Gasteiger partial charge in [0, 0.05) is 11.4 Å². The van der Waals surface area contributed by atoms with Gasteiger partial charge in [0.05, 0.1) is 26.2 Å². The molecule has 10 heteroatoms. The number of hydrogen-bond acceptors (Lipinski definition) is 6. The Balaban J connectivity index is 1.83. The van der Waals surface area contributed by atoms with Crippen LogP contribution in [0.1, 0.15) is 11.1 Å². The fourth-order valence-electron chi connectivity index (χ4n) is 3.11. The minimum Gasteiger partial charge on any atom is -0.480 e. The van der Waals surface area contributed by atoms with Gasteiger partial charge in [-0.05, 0) is 55.9 Å². The fourth-order valence-corrected chi connectivity index (χ4v) is 3.11. The molecule has 0 radical (unpaired) electrons. The first kappa shape index (κ1) is 25.5. The number of nitrogens with one attached hydrogen (secondary N) is 2. The highest BCUT2D eigenvalue weighted by atomic mass is 16.4. The van der Waals surface area contributed by atoms with Gasteiger partial charge in [-0.15, -0.1) is 0 Å². The molecule has 0 atom stereocenters. The van der Waals surface area contributed by atoms with Crippen LogP contribution in [-0.4, -0.2) is 84.0 Å². The van der Waals surface area contributed by atoms with E-state index in [2.05, 4.69) is 10.6 Å². The largest absolute Gasteiger partial charge is 0.480 e.